The molecule has 1 aliphatic rings. The SMILES string of the molecule is CC(C)(C)OCCOc1ccc(C(=O)N2CCC(Cc3ccccc3)CC2)cn1. The van der Waals surface area contributed by atoms with Crippen molar-refractivity contribution in [2.24, 2.45) is 5.92 Å². The second-order valence-corrected chi connectivity index (χ2v) is 8.62. The number of benzene rings is 1. The van der Waals surface area contributed by atoms with Crippen LogP contribution in [0.3, 0.4) is 0 Å². The Morgan fingerprint density at radius 2 is 1.79 bits per heavy atom. The average molecular weight is 397 g/mol. The fourth-order valence-electron chi connectivity index (χ4n) is 3.56. The molecule has 0 N–H and O–H groups in total. The number of nitrogens with zero attached hydrogens (tertiary/aromatic N) is 2. The van der Waals surface area contributed by atoms with Gasteiger partial charge in [0, 0.05) is 25.4 Å². The van der Waals surface area contributed by atoms with E-state index in [4.69, 9.17) is 9.47 Å². The Kier molecular flexibility index (Phi) is 7.26. The highest BCUT2D eigenvalue weighted by Crippen LogP contribution is 2.23. The number of carbonyl (C=O) groups excluding carboxylic acids is 1. The van der Waals surface area contributed by atoms with Crippen molar-refractivity contribution in [1.29, 1.82) is 0 Å². The number of likely N-dealkylation sites (tertiary alicyclic amines) is 1. The van der Waals surface area contributed by atoms with Crippen LogP contribution in [0.4, 0.5) is 0 Å². The molecule has 0 aliphatic carbocycles. The first-order valence-electron chi connectivity index (χ1n) is 10.5. The lowest BCUT2D eigenvalue weighted by molar-refractivity contribution is -0.0168. The first kappa shape index (κ1) is 21.3. The lowest BCUT2D eigenvalue weighted by Gasteiger charge is -2.32. The van der Waals surface area contributed by atoms with Crippen LogP contribution in [0.5, 0.6) is 5.88 Å². The van der Waals surface area contributed by atoms with Crippen molar-refractivity contribution in [3.05, 3.63) is 59.8 Å². The van der Waals surface area contributed by atoms with Gasteiger partial charge in [-0.25, -0.2) is 4.98 Å². The van der Waals surface area contributed by atoms with Crippen molar-refractivity contribution in [3.63, 3.8) is 0 Å². The van der Waals surface area contributed by atoms with Gasteiger partial charge in [0.2, 0.25) is 5.88 Å². The molecule has 0 atom stereocenters. The zero-order valence-corrected chi connectivity index (χ0v) is 17.8. The van der Waals surface area contributed by atoms with Crippen molar-refractivity contribution in [3.8, 4) is 5.88 Å². The molecule has 29 heavy (non-hydrogen) atoms. The van der Waals surface area contributed by atoms with Crippen LogP contribution in [0.1, 0.15) is 49.5 Å². The Balaban J connectivity index is 1.43. The van der Waals surface area contributed by atoms with Crippen molar-refractivity contribution in [2.45, 2.75) is 45.6 Å². The molecule has 1 saturated heterocycles. The van der Waals surface area contributed by atoms with Gasteiger partial charge in [-0.05, 0) is 57.6 Å². The van der Waals surface area contributed by atoms with Crippen molar-refractivity contribution in [2.75, 3.05) is 26.3 Å². The Bertz CT molecular complexity index is 761. The van der Waals surface area contributed by atoms with Crippen LogP contribution in [0.25, 0.3) is 0 Å². The molecule has 2 aromatic rings. The smallest absolute Gasteiger partial charge is 0.255 e. The minimum atomic E-state index is -0.179. The van der Waals surface area contributed by atoms with E-state index in [0.717, 1.165) is 32.4 Å². The molecule has 1 aromatic carbocycles. The summed E-state index contributed by atoms with van der Waals surface area (Å²) in [7, 11) is 0. The van der Waals surface area contributed by atoms with Crippen molar-refractivity contribution >= 4 is 5.91 Å². The normalized spacial score (nSPS) is 15.3. The minimum Gasteiger partial charge on any atom is -0.475 e. The molecule has 1 aliphatic heterocycles. The fourth-order valence-corrected chi connectivity index (χ4v) is 3.56. The van der Waals surface area contributed by atoms with Crippen LogP contribution in [0.15, 0.2) is 48.7 Å². The van der Waals surface area contributed by atoms with E-state index in [0.29, 0.717) is 30.6 Å². The molecule has 5 heteroatoms. The van der Waals surface area contributed by atoms with E-state index >= 15 is 0 Å². The van der Waals surface area contributed by atoms with Gasteiger partial charge < -0.3 is 14.4 Å². The lowest BCUT2D eigenvalue weighted by Crippen LogP contribution is -2.38. The topological polar surface area (TPSA) is 51.7 Å². The molecule has 1 aromatic heterocycles. The summed E-state index contributed by atoms with van der Waals surface area (Å²) >= 11 is 0. The van der Waals surface area contributed by atoms with E-state index in [1.807, 2.05) is 25.7 Å². The highest BCUT2D eigenvalue weighted by molar-refractivity contribution is 5.94. The van der Waals surface area contributed by atoms with E-state index in [1.54, 1.807) is 18.3 Å². The van der Waals surface area contributed by atoms with Crippen LogP contribution >= 0.6 is 0 Å². The first-order chi connectivity index (χ1) is 13.9. The third kappa shape index (κ3) is 6.86. The number of piperidine rings is 1. The van der Waals surface area contributed by atoms with E-state index in [-0.39, 0.29) is 11.5 Å². The molecule has 0 radical (unpaired) electrons. The highest BCUT2D eigenvalue weighted by atomic mass is 16.5. The maximum absolute atomic E-state index is 12.8. The third-order valence-corrected chi connectivity index (χ3v) is 5.12. The number of amides is 1. The van der Waals surface area contributed by atoms with Gasteiger partial charge in [-0.3, -0.25) is 4.79 Å². The van der Waals surface area contributed by atoms with Gasteiger partial charge in [0.15, 0.2) is 0 Å². The zero-order valence-electron chi connectivity index (χ0n) is 17.8. The highest BCUT2D eigenvalue weighted by Gasteiger charge is 2.24. The van der Waals surface area contributed by atoms with Gasteiger partial charge in [0.05, 0.1) is 17.8 Å². The number of hydrogen-bond donors (Lipinski definition) is 0. The molecule has 1 amide bonds. The minimum absolute atomic E-state index is 0.0540. The lowest BCUT2D eigenvalue weighted by atomic mass is 9.90. The first-order valence-corrected chi connectivity index (χ1v) is 10.5. The van der Waals surface area contributed by atoms with Crippen LogP contribution in [0.2, 0.25) is 0 Å². The van der Waals surface area contributed by atoms with E-state index in [2.05, 4.69) is 35.3 Å². The Hall–Kier alpha value is -2.40. The Morgan fingerprint density at radius 1 is 1.07 bits per heavy atom. The summed E-state index contributed by atoms with van der Waals surface area (Å²) in [6.45, 7) is 8.58. The second-order valence-electron chi connectivity index (χ2n) is 8.62. The summed E-state index contributed by atoms with van der Waals surface area (Å²) in [5.41, 5.74) is 1.82. The summed E-state index contributed by atoms with van der Waals surface area (Å²) in [4.78, 5) is 19.0. The van der Waals surface area contributed by atoms with Crippen LogP contribution in [0, 0.1) is 5.92 Å². The molecule has 0 spiro atoms. The van der Waals surface area contributed by atoms with E-state index in [9.17, 15) is 4.79 Å². The van der Waals surface area contributed by atoms with Crippen molar-refractivity contribution < 1.29 is 14.3 Å². The molecule has 0 unspecified atom stereocenters. The van der Waals surface area contributed by atoms with Crippen LogP contribution < -0.4 is 4.74 Å². The molecule has 0 bridgehead atoms. The number of carbonyl (C=O) groups is 1. The molecule has 2 heterocycles. The number of pyridine rings is 1. The molecule has 5 nitrogen and oxygen atoms in total. The number of rotatable bonds is 7. The molecule has 3 rings (SSSR count). The van der Waals surface area contributed by atoms with Crippen LogP contribution in [-0.2, 0) is 11.2 Å². The zero-order chi connectivity index (χ0) is 20.7. The predicted molar refractivity (Wildman–Crippen MR) is 114 cm³/mol. The Labute approximate surface area is 174 Å². The average Bonchev–Trinajstić information content (AvgIpc) is 2.72. The molecule has 156 valence electrons. The number of aromatic nitrogens is 1. The number of ether oxygens (including phenoxy) is 2. The van der Waals surface area contributed by atoms with E-state index in [1.165, 1.54) is 5.56 Å². The maximum atomic E-state index is 12.8. The summed E-state index contributed by atoms with van der Waals surface area (Å²) in [6.07, 6.45) is 4.79. The molecule has 1 fully saturated rings. The standard InChI is InChI=1S/C24H32N2O3/c1-24(2,3)29-16-15-28-22-10-9-21(18-25-22)23(27)26-13-11-20(12-14-26)17-19-7-5-4-6-8-19/h4-10,18,20H,11-17H2,1-3H3. The third-order valence-electron chi connectivity index (χ3n) is 5.12. The van der Waals surface area contributed by atoms with E-state index < -0.39 is 0 Å². The van der Waals surface area contributed by atoms with Gasteiger partial charge in [-0.15, -0.1) is 0 Å². The number of hydrogen-bond acceptors (Lipinski definition) is 4. The largest absolute Gasteiger partial charge is 0.475 e. The van der Waals surface area contributed by atoms with Gasteiger partial charge in [0.1, 0.15) is 6.61 Å². The second kappa shape index (κ2) is 9.88. The fraction of sp³-hybridized carbons (Fsp3) is 0.500. The molecule has 0 saturated carbocycles. The summed E-state index contributed by atoms with van der Waals surface area (Å²) in [6, 6.07) is 14.1. The van der Waals surface area contributed by atoms with Crippen molar-refractivity contribution in [1.82, 2.24) is 9.88 Å². The summed E-state index contributed by atoms with van der Waals surface area (Å²) < 4.78 is 11.2. The van der Waals surface area contributed by atoms with Gasteiger partial charge in [0.25, 0.3) is 5.91 Å². The van der Waals surface area contributed by atoms with Gasteiger partial charge in [-0.2, -0.15) is 0 Å². The predicted octanol–water partition coefficient (Wildman–Crippen LogP) is 4.37. The molecular weight excluding hydrogens is 364 g/mol. The monoisotopic (exact) mass is 396 g/mol. The van der Waals surface area contributed by atoms with Gasteiger partial charge in [-0.1, -0.05) is 30.3 Å². The van der Waals surface area contributed by atoms with Crippen LogP contribution in [-0.4, -0.2) is 47.7 Å². The maximum Gasteiger partial charge on any atom is 0.255 e. The van der Waals surface area contributed by atoms with Gasteiger partial charge >= 0.3 is 0 Å². The quantitative estimate of drug-likeness (QED) is 0.652. The Morgan fingerprint density at radius 3 is 2.41 bits per heavy atom. The molecular formula is C24H32N2O3. The summed E-state index contributed by atoms with van der Waals surface area (Å²) in [5.74, 6) is 1.21. The summed E-state index contributed by atoms with van der Waals surface area (Å²) in [5, 5.41) is 0.